The molecule has 1 aliphatic carbocycles. The summed E-state index contributed by atoms with van der Waals surface area (Å²) in [6, 6.07) is 9.01. The summed E-state index contributed by atoms with van der Waals surface area (Å²) in [5.41, 5.74) is 0.931. The van der Waals surface area contributed by atoms with Crippen LogP contribution in [0.15, 0.2) is 43.5 Å². The van der Waals surface area contributed by atoms with E-state index in [9.17, 15) is 19.5 Å². The van der Waals surface area contributed by atoms with Gasteiger partial charge in [-0.1, -0.05) is 56.5 Å². The van der Waals surface area contributed by atoms with Crippen LogP contribution in [-0.2, 0) is 9.59 Å². The molecule has 0 bridgehead atoms. The summed E-state index contributed by atoms with van der Waals surface area (Å²) in [5, 5.41) is 10.1. The zero-order chi connectivity index (χ0) is 29.7. The zero-order valence-corrected chi connectivity index (χ0v) is 25.2. The lowest BCUT2D eigenvalue weighted by molar-refractivity contribution is -0.134. The Balaban J connectivity index is 0.00000274. The summed E-state index contributed by atoms with van der Waals surface area (Å²) in [6.45, 7) is 15.2. The molecule has 1 saturated heterocycles. The van der Waals surface area contributed by atoms with Gasteiger partial charge in [-0.3, -0.25) is 19.5 Å². The first kappa shape index (κ1) is 33.5. The number of likely N-dealkylation sites (N-methyl/N-ethyl adjacent to an activating group) is 1. The predicted molar refractivity (Wildman–Crippen MR) is 161 cm³/mol. The van der Waals surface area contributed by atoms with E-state index in [0.29, 0.717) is 25.3 Å². The number of benzene rings is 1. The molecular weight excluding hydrogens is 504 g/mol. The number of carbonyl (C=O) groups is 3. The molecule has 3 rings (SSSR count). The number of hydrogen-bond acceptors (Lipinski definition) is 5. The number of piperazine rings is 1. The molecule has 2 aliphatic rings. The lowest BCUT2D eigenvalue weighted by atomic mass is 9.94. The molecule has 4 atom stereocenters. The Bertz CT molecular complexity index is 899. The van der Waals surface area contributed by atoms with Crippen molar-refractivity contribution < 1.29 is 19.5 Å². The number of nitrogens with zero attached hydrogens (tertiary/aromatic N) is 4. The van der Waals surface area contributed by atoms with Gasteiger partial charge in [-0.05, 0) is 52.1 Å². The molecule has 1 aromatic carbocycles. The number of carbonyl (C=O) groups excluding carboxylic acids is 2. The Morgan fingerprint density at radius 3 is 2.17 bits per heavy atom. The molecule has 1 saturated carbocycles. The standard InChI is InChI=1S/C30H48N4O4.C2H4/c1-5-28(24(3)34(30(37)38)23(2)25-12-8-6-9-13-25)31(4)27(22-35)16-17-29(36)33-20-18-32(19-21-33)26-14-10-7-11-15-26;1-2/h6,8-9,12-13,22-24,26-28H,5,7,10-11,14-21H2,1-4H3,(H,37,38);1-2H2/t23?,24?,27-,28?;/m0./s1. The molecule has 1 aliphatic heterocycles. The first-order valence-electron chi connectivity index (χ1n) is 15.0. The van der Waals surface area contributed by atoms with Crippen LogP contribution in [0.5, 0.6) is 0 Å². The summed E-state index contributed by atoms with van der Waals surface area (Å²) in [4.78, 5) is 45.5. The van der Waals surface area contributed by atoms with E-state index in [1.807, 2.05) is 68.0 Å². The molecule has 3 unspecified atom stereocenters. The molecule has 1 N–H and O–H groups in total. The van der Waals surface area contributed by atoms with Crippen LogP contribution in [0.4, 0.5) is 4.79 Å². The zero-order valence-electron chi connectivity index (χ0n) is 25.2. The van der Waals surface area contributed by atoms with Crippen molar-refractivity contribution in [3.8, 4) is 0 Å². The third kappa shape index (κ3) is 8.90. The van der Waals surface area contributed by atoms with Gasteiger partial charge in [0.15, 0.2) is 0 Å². The normalized spacial score (nSPS) is 19.6. The van der Waals surface area contributed by atoms with Crippen LogP contribution in [0, 0.1) is 0 Å². The Labute approximate surface area is 242 Å². The molecular formula is C32H52N4O4. The van der Waals surface area contributed by atoms with Crippen molar-refractivity contribution in [2.24, 2.45) is 0 Å². The molecule has 2 fully saturated rings. The fraction of sp³-hybridized carbons (Fsp3) is 0.656. The largest absolute Gasteiger partial charge is 0.465 e. The van der Waals surface area contributed by atoms with E-state index < -0.39 is 12.1 Å². The summed E-state index contributed by atoms with van der Waals surface area (Å²) in [6.07, 6.45) is 7.92. The fourth-order valence-corrected chi connectivity index (χ4v) is 6.57. The van der Waals surface area contributed by atoms with Crippen LogP contribution in [0.25, 0.3) is 0 Å². The van der Waals surface area contributed by atoms with Crippen molar-refractivity contribution in [2.75, 3.05) is 33.2 Å². The van der Waals surface area contributed by atoms with E-state index in [1.54, 1.807) is 0 Å². The number of amides is 2. The van der Waals surface area contributed by atoms with Gasteiger partial charge in [-0.25, -0.2) is 4.79 Å². The Hall–Kier alpha value is -2.71. The fourth-order valence-electron chi connectivity index (χ4n) is 6.57. The molecule has 40 heavy (non-hydrogen) atoms. The van der Waals surface area contributed by atoms with Gasteiger partial charge in [0.25, 0.3) is 0 Å². The van der Waals surface area contributed by atoms with Crippen molar-refractivity contribution >= 4 is 18.3 Å². The van der Waals surface area contributed by atoms with Gasteiger partial charge in [0, 0.05) is 50.7 Å². The molecule has 1 heterocycles. The maximum absolute atomic E-state index is 13.0. The molecule has 0 spiro atoms. The van der Waals surface area contributed by atoms with Crippen molar-refractivity contribution in [3.05, 3.63) is 49.1 Å². The van der Waals surface area contributed by atoms with E-state index in [2.05, 4.69) is 18.1 Å². The average molecular weight is 557 g/mol. The SMILES string of the molecule is C=C.CCC(C(C)N(C(=O)O)C(C)c1ccccc1)N(C)[C@H](C=O)CCC(=O)N1CCN(C2CCCCC2)CC1. The highest BCUT2D eigenvalue weighted by Crippen LogP contribution is 2.27. The molecule has 1 aromatic rings. The molecule has 0 aromatic heterocycles. The van der Waals surface area contributed by atoms with E-state index in [4.69, 9.17) is 0 Å². The lowest BCUT2D eigenvalue weighted by Gasteiger charge is -2.42. The van der Waals surface area contributed by atoms with Gasteiger partial charge in [-0.2, -0.15) is 0 Å². The maximum atomic E-state index is 13.0. The van der Waals surface area contributed by atoms with Gasteiger partial charge in [0.2, 0.25) is 5.91 Å². The first-order valence-corrected chi connectivity index (χ1v) is 15.0. The monoisotopic (exact) mass is 556 g/mol. The topological polar surface area (TPSA) is 84.4 Å². The van der Waals surface area contributed by atoms with Crippen LogP contribution in [0.3, 0.4) is 0 Å². The van der Waals surface area contributed by atoms with Gasteiger partial charge in [0.05, 0.1) is 12.1 Å². The average Bonchev–Trinajstić information content (AvgIpc) is 2.99. The number of rotatable bonds is 12. The molecule has 0 radical (unpaired) electrons. The van der Waals surface area contributed by atoms with Gasteiger partial charge >= 0.3 is 6.09 Å². The maximum Gasteiger partial charge on any atom is 0.408 e. The Morgan fingerprint density at radius 2 is 1.65 bits per heavy atom. The number of hydrogen-bond donors (Lipinski definition) is 1. The van der Waals surface area contributed by atoms with Crippen LogP contribution in [0.2, 0.25) is 0 Å². The van der Waals surface area contributed by atoms with Crippen LogP contribution in [0.1, 0.15) is 83.7 Å². The Morgan fingerprint density at radius 1 is 1.05 bits per heavy atom. The highest BCUT2D eigenvalue weighted by molar-refractivity contribution is 5.77. The van der Waals surface area contributed by atoms with Crippen LogP contribution >= 0.6 is 0 Å². The van der Waals surface area contributed by atoms with Crippen LogP contribution < -0.4 is 0 Å². The van der Waals surface area contributed by atoms with E-state index in [-0.39, 0.29) is 24.0 Å². The van der Waals surface area contributed by atoms with Crippen molar-refractivity contribution in [1.82, 2.24) is 19.6 Å². The number of aldehydes is 1. The quantitative estimate of drug-likeness (QED) is 0.272. The first-order chi connectivity index (χ1) is 19.3. The highest BCUT2D eigenvalue weighted by Gasteiger charge is 2.35. The van der Waals surface area contributed by atoms with Crippen molar-refractivity contribution in [3.63, 3.8) is 0 Å². The minimum Gasteiger partial charge on any atom is -0.465 e. The minimum atomic E-state index is -0.981. The van der Waals surface area contributed by atoms with Crippen LogP contribution in [-0.4, -0.2) is 100 Å². The summed E-state index contributed by atoms with van der Waals surface area (Å²) in [7, 11) is 1.88. The molecule has 2 amide bonds. The lowest BCUT2D eigenvalue weighted by Crippen LogP contribution is -2.54. The van der Waals surface area contributed by atoms with Crippen molar-refractivity contribution in [1.29, 1.82) is 0 Å². The third-order valence-corrected chi connectivity index (χ3v) is 8.95. The Kier molecular flexibility index (Phi) is 14.4. The van der Waals surface area contributed by atoms with E-state index in [0.717, 1.165) is 38.0 Å². The van der Waals surface area contributed by atoms with Gasteiger partial charge < -0.3 is 14.8 Å². The van der Waals surface area contributed by atoms with E-state index >= 15 is 0 Å². The van der Waals surface area contributed by atoms with Gasteiger partial charge in [0.1, 0.15) is 6.29 Å². The summed E-state index contributed by atoms with van der Waals surface area (Å²) < 4.78 is 0. The van der Waals surface area contributed by atoms with E-state index in [1.165, 1.54) is 37.0 Å². The molecule has 8 heteroatoms. The molecule has 224 valence electrons. The van der Waals surface area contributed by atoms with Crippen molar-refractivity contribution in [2.45, 2.75) is 102 Å². The number of carboxylic acid groups (broad SMARTS) is 1. The second-order valence-corrected chi connectivity index (χ2v) is 11.1. The summed E-state index contributed by atoms with van der Waals surface area (Å²) in [5.74, 6) is 0.111. The minimum absolute atomic E-state index is 0.111. The highest BCUT2D eigenvalue weighted by atomic mass is 16.4. The summed E-state index contributed by atoms with van der Waals surface area (Å²) >= 11 is 0. The molecule has 8 nitrogen and oxygen atoms in total. The third-order valence-electron chi connectivity index (χ3n) is 8.95. The van der Waals surface area contributed by atoms with Gasteiger partial charge in [-0.15, -0.1) is 13.2 Å². The predicted octanol–water partition coefficient (Wildman–Crippen LogP) is 5.45. The second-order valence-electron chi connectivity index (χ2n) is 11.1. The smallest absolute Gasteiger partial charge is 0.408 e. The second kappa shape index (κ2) is 17.2.